The highest BCUT2D eigenvalue weighted by atomic mass is 32.1. The van der Waals surface area contributed by atoms with Crippen LogP contribution in [0.3, 0.4) is 0 Å². The van der Waals surface area contributed by atoms with Gasteiger partial charge in [0.15, 0.2) is 0 Å². The van der Waals surface area contributed by atoms with Crippen LogP contribution in [0.25, 0.3) is 0 Å². The van der Waals surface area contributed by atoms with Gasteiger partial charge in [-0.05, 0) is 52.5 Å². The third-order valence-electron chi connectivity index (χ3n) is 3.86. The maximum Gasteiger partial charge on any atom is 0.110 e. The van der Waals surface area contributed by atoms with Gasteiger partial charge in [-0.2, -0.15) is 0 Å². The molecule has 1 aliphatic carbocycles. The van der Waals surface area contributed by atoms with E-state index in [4.69, 9.17) is 9.72 Å². The van der Waals surface area contributed by atoms with Crippen molar-refractivity contribution in [2.45, 2.75) is 64.5 Å². The minimum Gasteiger partial charge on any atom is -0.379 e. The second-order valence-electron chi connectivity index (χ2n) is 5.91. The molecule has 0 spiro atoms. The lowest BCUT2D eigenvalue weighted by Gasteiger charge is -2.28. The van der Waals surface area contributed by atoms with Crippen LogP contribution in [-0.2, 0) is 17.6 Å². The Balaban J connectivity index is 2.16. The Morgan fingerprint density at radius 2 is 2.11 bits per heavy atom. The molecule has 3 nitrogen and oxygen atoms in total. The first-order valence-electron chi connectivity index (χ1n) is 7.32. The van der Waals surface area contributed by atoms with Crippen molar-refractivity contribution in [3.05, 3.63) is 15.6 Å². The summed E-state index contributed by atoms with van der Waals surface area (Å²) in [6.45, 7) is 7.41. The van der Waals surface area contributed by atoms with Gasteiger partial charge in [-0.15, -0.1) is 11.3 Å². The topological polar surface area (TPSA) is 34.1 Å². The van der Waals surface area contributed by atoms with E-state index < -0.39 is 0 Å². The van der Waals surface area contributed by atoms with Gasteiger partial charge in [0, 0.05) is 12.0 Å². The molecule has 0 bridgehead atoms. The standard InChI is InChI=1S/C15H26N2OS/c1-5-16-12(10-15(2,3)18-4)14-17-11-8-6-7-9-13(11)19-14/h12,16H,5-10H2,1-4H3. The first kappa shape index (κ1) is 14.9. The van der Waals surface area contributed by atoms with Crippen LogP contribution in [0.5, 0.6) is 0 Å². The fourth-order valence-corrected chi connectivity index (χ4v) is 3.82. The van der Waals surface area contributed by atoms with Crippen LogP contribution in [0.4, 0.5) is 0 Å². The molecule has 19 heavy (non-hydrogen) atoms. The molecule has 4 heteroatoms. The molecule has 0 amide bonds. The van der Waals surface area contributed by atoms with E-state index in [1.165, 1.54) is 41.3 Å². The molecular formula is C15H26N2OS. The van der Waals surface area contributed by atoms with Crippen molar-refractivity contribution in [3.8, 4) is 0 Å². The monoisotopic (exact) mass is 282 g/mol. The molecule has 0 aromatic carbocycles. The first-order chi connectivity index (χ1) is 9.05. The lowest BCUT2D eigenvalue weighted by Crippen LogP contribution is -2.32. The summed E-state index contributed by atoms with van der Waals surface area (Å²) in [4.78, 5) is 6.40. The molecule has 1 N–H and O–H groups in total. The number of nitrogens with zero attached hydrogens (tertiary/aromatic N) is 1. The van der Waals surface area contributed by atoms with Gasteiger partial charge in [0.25, 0.3) is 0 Å². The molecule has 1 heterocycles. The van der Waals surface area contributed by atoms with E-state index in [-0.39, 0.29) is 5.60 Å². The number of hydrogen-bond acceptors (Lipinski definition) is 4. The summed E-state index contributed by atoms with van der Waals surface area (Å²) in [5.74, 6) is 0. The minimum atomic E-state index is -0.112. The maximum absolute atomic E-state index is 5.57. The third-order valence-corrected chi connectivity index (χ3v) is 5.13. The molecule has 1 aliphatic rings. The molecule has 0 fully saturated rings. The number of nitrogens with one attached hydrogen (secondary N) is 1. The van der Waals surface area contributed by atoms with Crippen LogP contribution in [0.15, 0.2) is 0 Å². The number of aromatic nitrogens is 1. The van der Waals surface area contributed by atoms with Gasteiger partial charge in [0.1, 0.15) is 5.01 Å². The van der Waals surface area contributed by atoms with Crippen molar-refractivity contribution in [1.82, 2.24) is 10.3 Å². The van der Waals surface area contributed by atoms with E-state index >= 15 is 0 Å². The zero-order valence-corrected chi connectivity index (χ0v) is 13.4. The molecule has 2 rings (SSSR count). The number of ether oxygens (including phenoxy) is 1. The van der Waals surface area contributed by atoms with Crippen LogP contribution >= 0.6 is 11.3 Å². The van der Waals surface area contributed by atoms with E-state index in [9.17, 15) is 0 Å². The number of rotatable bonds is 6. The van der Waals surface area contributed by atoms with Crippen LogP contribution in [-0.4, -0.2) is 24.2 Å². The zero-order valence-electron chi connectivity index (χ0n) is 12.6. The number of hydrogen-bond donors (Lipinski definition) is 1. The summed E-state index contributed by atoms with van der Waals surface area (Å²) < 4.78 is 5.57. The summed E-state index contributed by atoms with van der Waals surface area (Å²) in [7, 11) is 1.79. The van der Waals surface area contributed by atoms with Crippen molar-refractivity contribution in [3.63, 3.8) is 0 Å². The highest BCUT2D eigenvalue weighted by Crippen LogP contribution is 2.33. The molecular weight excluding hydrogens is 256 g/mol. The third kappa shape index (κ3) is 3.77. The molecule has 0 radical (unpaired) electrons. The van der Waals surface area contributed by atoms with Crippen molar-refractivity contribution in [2.24, 2.45) is 0 Å². The Labute approximate surface area is 120 Å². The zero-order chi connectivity index (χ0) is 13.9. The Morgan fingerprint density at radius 1 is 1.37 bits per heavy atom. The molecule has 1 atom stereocenters. The number of aryl methyl sites for hydroxylation is 2. The molecule has 1 unspecified atom stereocenters. The van der Waals surface area contributed by atoms with E-state index in [0.29, 0.717) is 6.04 Å². The second-order valence-corrected chi connectivity index (χ2v) is 7.02. The lowest BCUT2D eigenvalue weighted by atomic mass is 9.99. The molecule has 0 aliphatic heterocycles. The van der Waals surface area contributed by atoms with Gasteiger partial charge in [-0.1, -0.05) is 6.92 Å². The van der Waals surface area contributed by atoms with E-state index in [1.54, 1.807) is 7.11 Å². The quantitative estimate of drug-likeness (QED) is 0.867. The Morgan fingerprint density at radius 3 is 2.74 bits per heavy atom. The lowest BCUT2D eigenvalue weighted by molar-refractivity contribution is 0.00694. The van der Waals surface area contributed by atoms with Crippen molar-refractivity contribution in [1.29, 1.82) is 0 Å². The summed E-state index contributed by atoms with van der Waals surface area (Å²) in [6.07, 6.45) is 5.97. The minimum absolute atomic E-state index is 0.112. The van der Waals surface area contributed by atoms with Gasteiger partial charge >= 0.3 is 0 Å². The normalized spacial score (nSPS) is 17.3. The second kappa shape index (κ2) is 6.33. The number of fused-ring (bicyclic) bond motifs is 1. The molecule has 0 saturated heterocycles. The molecule has 108 valence electrons. The average molecular weight is 282 g/mol. The predicted molar refractivity (Wildman–Crippen MR) is 80.9 cm³/mol. The molecule has 0 saturated carbocycles. The summed E-state index contributed by atoms with van der Waals surface area (Å²) in [6, 6.07) is 0.315. The summed E-state index contributed by atoms with van der Waals surface area (Å²) >= 11 is 1.91. The number of thiazole rings is 1. The van der Waals surface area contributed by atoms with Crippen molar-refractivity contribution in [2.75, 3.05) is 13.7 Å². The van der Waals surface area contributed by atoms with Gasteiger partial charge in [0.2, 0.25) is 0 Å². The Kier molecular flexibility index (Phi) is 4.98. The SMILES string of the molecule is CCNC(CC(C)(C)OC)c1nc2c(s1)CCCC2. The highest BCUT2D eigenvalue weighted by molar-refractivity contribution is 7.11. The summed E-state index contributed by atoms with van der Waals surface area (Å²) in [5, 5.41) is 4.82. The first-order valence-corrected chi connectivity index (χ1v) is 8.14. The summed E-state index contributed by atoms with van der Waals surface area (Å²) in [5.41, 5.74) is 1.24. The fourth-order valence-electron chi connectivity index (χ4n) is 2.59. The number of methoxy groups -OCH3 is 1. The van der Waals surface area contributed by atoms with Crippen LogP contribution < -0.4 is 5.32 Å². The van der Waals surface area contributed by atoms with Crippen LogP contribution in [0.1, 0.15) is 61.7 Å². The van der Waals surface area contributed by atoms with Crippen molar-refractivity contribution >= 4 is 11.3 Å². The Hall–Kier alpha value is -0.450. The van der Waals surface area contributed by atoms with Gasteiger partial charge in [0.05, 0.1) is 17.3 Å². The van der Waals surface area contributed by atoms with Crippen molar-refractivity contribution < 1.29 is 4.74 Å². The van der Waals surface area contributed by atoms with Crippen LogP contribution in [0.2, 0.25) is 0 Å². The largest absolute Gasteiger partial charge is 0.379 e. The van der Waals surface area contributed by atoms with Crippen LogP contribution in [0, 0.1) is 0 Å². The van der Waals surface area contributed by atoms with Gasteiger partial charge in [-0.25, -0.2) is 4.98 Å². The maximum atomic E-state index is 5.57. The smallest absolute Gasteiger partial charge is 0.110 e. The van der Waals surface area contributed by atoms with E-state index in [1.807, 2.05) is 11.3 Å². The van der Waals surface area contributed by atoms with Gasteiger partial charge in [-0.3, -0.25) is 0 Å². The van der Waals surface area contributed by atoms with E-state index in [0.717, 1.165) is 13.0 Å². The predicted octanol–water partition coefficient (Wildman–Crippen LogP) is 3.49. The van der Waals surface area contributed by atoms with Gasteiger partial charge < -0.3 is 10.1 Å². The highest BCUT2D eigenvalue weighted by Gasteiger charge is 2.27. The fraction of sp³-hybridized carbons (Fsp3) is 0.800. The Bertz CT molecular complexity index is 391. The van der Waals surface area contributed by atoms with E-state index in [2.05, 4.69) is 26.1 Å². The average Bonchev–Trinajstić information content (AvgIpc) is 2.82. The molecule has 1 aromatic rings. The molecule has 1 aromatic heterocycles.